The first-order valence-corrected chi connectivity index (χ1v) is 9.29. The summed E-state index contributed by atoms with van der Waals surface area (Å²) in [6.45, 7) is 3.09. The maximum absolute atomic E-state index is 11.9. The van der Waals surface area contributed by atoms with E-state index in [1.54, 1.807) is 0 Å². The number of benzene rings is 1. The minimum absolute atomic E-state index is 0.163. The zero-order valence-electron chi connectivity index (χ0n) is 12.4. The van der Waals surface area contributed by atoms with Gasteiger partial charge >= 0.3 is 0 Å². The molecule has 0 aliphatic heterocycles. The van der Waals surface area contributed by atoms with E-state index in [1.165, 1.54) is 0 Å². The molecule has 0 atom stereocenters. The van der Waals surface area contributed by atoms with Gasteiger partial charge in [-0.2, -0.15) is 0 Å². The van der Waals surface area contributed by atoms with E-state index in [1.807, 2.05) is 42.9 Å². The molecule has 4 nitrogen and oxygen atoms in total. The average molecular weight is 329 g/mol. The van der Waals surface area contributed by atoms with E-state index in [0.29, 0.717) is 18.0 Å². The fraction of sp³-hybridized carbons (Fsp3) is 0.467. The van der Waals surface area contributed by atoms with E-state index in [-0.39, 0.29) is 11.5 Å². The van der Waals surface area contributed by atoms with E-state index in [4.69, 9.17) is 11.6 Å². The first kappa shape index (κ1) is 16.3. The Labute approximate surface area is 131 Å². The van der Waals surface area contributed by atoms with E-state index in [2.05, 4.69) is 5.32 Å². The fourth-order valence-electron chi connectivity index (χ4n) is 2.51. The number of halogens is 1. The first-order valence-electron chi connectivity index (χ1n) is 7.09. The van der Waals surface area contributed by atoms with Crippen LogP contribution in [0, 0.1) is 0 Å². The Bertz CT molecular complexity index is 723. The molecule has 2 rings (SSSR count). The van der Waals surface area contributed by atoms with Gasteiger partial charge in [-0.3, -0.25) is 0 Å². The number of nitrogens with one attached hydrogen (secondary N) is 1. The van der Waals surface area contributed by atoms with Crippen LogP contribution in [0.1, 0.15) is 18.9 Å². The molecule has 1 N–H and O–H groups in total. The van der Waals surface area contributed by atoms with Crippen LogP contribution in [0.25, 0.3) is 10.9 Å². The lowest BCUT2D eigenvalue weighted by atomic mass is 10.2. The average Bonchev–Trinajstić information content (AvgIpc) is 2.75. The third kappa shape index (κ3) is 3.99. The van der Waals surface area contributed by atoms with Crippen LogP contribution >= 0.6 is 11.6 Å². The highest BCUT2D eigenvalue weighted by atomic mass is 35.5. The Kier molecular flexibility index (Phi) is 5.30. The van der Waals surface area contributed by atoms with Crippen molar-refractivity contribution in [2.75, 3.05) is 18.6 Å². The lowest BCUT2D eigenvalue weighted by molar-refractivity contribution is 0.588. The quantitative estimate of drug-likeness (QED) is 0.850. The van der Waals surface area contributed by atoms with E-state index >= 15 is 0 Å². The van der Waals surface area contributed by atoms with Gasteiger partial charge in [-0.15, -0.1) is 0 Å². The van der Waals surface area contributed by atoms with E-state index < -0.39 is 9.84 Å². The van der Waals surface area contributed by atoms with Gasteiger partial charge in [-0.25, -0.2) is 8.42 Å². The predicted molar refractivity (Wildman–Crippen MR) is 88.7 cm³/mol. The Morgan fingerprint density at radius 3 is 2.71 bits per heavy atom. The monoisotopic (exact) mass is 328 g/mol. The van der Waals surface area contributed by atoms with Crippen LogP contribution in [0.5, 0.6) is 0 Å². The highest BCUT2D eigenvalue weighted by Gasteiger charge is 2.13. The molecular formula is C15H21ClN2O2S. The molecule has 0 aliphatic carbocycles. The summed E-state index contributed by atoms with van der Waals surface area (Å²) in [5.41, 5.74) is 2.14. The number of nitrogens with zero attached hydrogens (tertiary/aromatic N) is 1. The third-order valence-corrected chi connectivity index (χ3v) is 5.52. The zero-order valence-corrected chi connectivity index (χ0v) is 14.0. The van der Waals surface area contributed by atoms with Crippen LogP contribution in [0.3, 0.4) is 0 Å². The van der Waals surface area contributed by atoms with Crippen LogP contribution in [-0.2, 0) is 22.9 Å². The molecule has 1 heterocycles. The topological polar surface area (TPSA) is 51.1 Å². The summed E-state index contributed by atoms with van der Waals surface area (Å²) in [5, 5.41) is 4.91. The molecule has 0 saturated carbocycles. The normalized spacial score (nSPS) is 12.1. The summed E-state index contributed by atoms with van der Waals surface area (Å²) in [6.07, 6.45) is 2.67. The molecule has 0 aliphatic rings. The second-order valence-electron chi connectivity index (χ2n) is 5.19. The molecule has 0 saturated heterocycles. The maximum atomic E-state index is 11.9. The minimum atomic E-state index is -2.98. The Hall–Kier alpha value is -1.04. The molecule has 0 bridgehead atoms. The summed E-state index contributed by atoms with van der Waals surface area (Å²) >= 11 is 6.07. The molecule has 0 spiro atoms. The molecule has 116 valence electrons. The number of sulfone groups is 1. The van der Waals surface area contributed by atoms with Gasteiger partial charge < -0.3 is 9.88 Å². The zero-order chi connectivity index (χ0) is 15.5. The summed E-state index contributed by atoms with van der Waals surface area (Å²) in [4.78, 5) is 0. The van der Waals surface area contributed by atoms with Crippen molar-refractivity contribution in [2.24, 2.45) is 0 Å². The molecule has 0 amide bonds. The van der Waals surface area contributed by atoms with Crippen LogP contribution in [0.15, 0.2) is 24.4 Å². The summed E-state index contributed by atoms with van der Waals surface area (Å²) < 4.78 is 25.8. The number of aromatic nitrogens is 1. The van der Waals surface area contributed by atoms with Crippen molar-refractivity contribution in [2.45, 2.75) is 26.4 Å². The van der Waals surface area contributed by atoms with Crippen LogP contribution < -0.4 is 5.32 Å². The molecule has 0 unspecified atom stereocenters. The standard InChI is InChI=1S/C15H21ClN2O2S/c1-3-7-21(19,20)8-6-18-11-12(10-17-2)14-5-4-13(16)9-15(14)18/h4-5,9,11,17H,3,6-8,10H2,1-2H3. The van der Waals surface area contributed by atoms with Crippen molar-refractivity contribution in [3.8, 4) is 0 Å². The molecule has 21 heavy (non-hydrogen) atoms. The molecule has 1 aromatic heterocycles. The Balaban J connectivity index is 2.32. The highest BCUT2D eigenvalue weighted by Crippen LogP contribution is 2.25. The van der Waals surface area contributed by atoms with Crippen molar-refractivity contribution in [1.82, 2.24) is 9.88 Å². The molecule has 0 fully saturated rings. The minimum Gasteiger partial charge on any atom is -0.346 e. The van der Waals surface area contributed by atoms with E-state index in [9.17, 15) is 8.42 Å². The van der Waals surface area contributed by atoms with Gasteiger partial charge in [0.25, 0.3) is 0 Å². The van der Waals surface area contributed by atoms with Gasteiger partial charge in [0.05, 0.1) is 5.75 Å². The first-order chi connectivity index (χ1) is 9.96. The Morgan fingerprint density at radius 2 is 2.05 bits per heavy atom. The van der Waals surface area contributed by atoms with Crippen molar-refractivity contribution >= 4 is 32.3 Å². The maximum Gasteiger partial charge on any atom is 0.152 e. The van der Waals surface area contributed by atoms with E-state index in [0.717, 1.165) is 23.0 Å². The van der Waals surface area contributed by atoms with Gasteiger partial charge in [-0.1, -0.05) is 24.6 Å². The summed E-state index contributed by atoms with van der Waals surface area (Å²) in [6, 6.07) is 5.74. The van der Waals surface area contributed by atoms with Crippen LogP contribution in [0.4, 0.5) is 0 Å². The fourth-order valence-corrected chi connectivity index (χ4v) is 3.98. The molecule has 1 aromatic carbocycles. The molecule has 6 heteroatoms. The number of hydrogen-bond donors (Lipinski definition) is 1. The molecular weight excluding hydrogens is 308 g/mol. The number of rotatable bonds is 7. The van der Waals surface area contributed by atoms with Crippen molar-refractivity contribution in [3.05, 3.63) is 35.0 Å². The van der Waals surface area contributed by atoms with Gasteiger partial charge in [0.2, 0.25) is 0 Å². The lowest BCUT2D eigenvalue weighted by Crippen LogP contribution is -2.15. The lowest BCUT2D eigenvalue weighted by Gasteiger charge is -2.06. The molecule has 0 radical (unpaired) electrons. The van der Waals surface area contributed by atoms with Gasteiger partial charge in [0, 0.05) is 41.0 Å². The number of aryl methyl sites for hydroxylation is 1. The van der Waals surface area contributed by atoms with Crippen LogP contribution in [0.2, 0.25) is 5.02 Å². The van der Waals surface area contributed by atoms with Gasteiger partial charge in [-0.05, 0) is 31.2 Å². The SMILES string of the molecule is CCCS(=O)(=O)CCn1cc(CNC)c2ccc(Cl)cc21. The smallest absolute Gasteiger partial charge is 0.152 e. The second-order valence-corrected chi connectivity index (χ2v) is 7.93. The van der Waals surface area contributed by atoms with Gasteiger partial charge in [0.1, 0.15) is 0 Å². The van der Waals surface area contributed by atoms with Gasteiger partial charge in [0.15, 0.2) is 9.84 Å². The highest BCUT2D eigenvalue weighted by molar-refractivity contribution is 7.91. The summed E-state index contributed by atoms with van der Waals surface area (Å²) in [5.74, 6) is 0.409. The largest absolute Gasteiger partial charge is 0.346 e. The molecule has 2 aromatic rings. The predicted octanol–water partition coefficient (Wildman–Crippen LogP) is 2.84. The van der Waals surface area contributed by atoms with Crippen molar-refractivity contribution in [1.29, 1.82) is 0 Å². The number of fused-ring (bicyclic) bond motifs is 1. The second kappa shape index (κ2) is 6.81. The van der Waals surface area contributed by atoms with Crippen molar-refractivity contribution in [3.63, 3.8) is 0 Å². The van der Waals surface area contributed by atoms with Crippen molar-refractivity contribution < 1.29 is 8.42 Å². The van der Waals surface area contributed by atoms with Crippen LogP contribution in [-0.4, -0.2) is 31.5 Å². The third-order valence-electron chi connectivity index (χ3n) is 3.45. The Morgan fingerprint density at radius 1 is 1.29 bits per heavy atom. The summed E-state index contributed by atoms with van der Waals surface area (Å²) in [7, 11) is -1.09. The number of hydrogen-bond acceptors (Lipinski definition) is 3.